The van der Waals surface area contributed by atoms with Gasteiger partial charge >= 0.3 is 5.97 Å². The summed E-state index contributed by atoms with van der Waals surface area (Å²) in [5.74, 6) is 0.269. The number of thioether (sulfide) groups is 1. The molecule has 4 nitrogen and oxygen atoms in total. The smallest absolute Gasteiger partial charge is 0.306 e. The maximum absolute atomic E-state index is 11.8. The Hall–Kier alpha value is -1.49. The van der Waals surface area contributed by atoms with Crippen LogP contribution in [-0.2, 0) is 14.3 Å². The zero-order valence-electron chi connectivity index (χ0n) is 10.5. The average Bonchev–Trinajstić information content (AvgIpc) is 2.39. The van der Waals surface area contributed by atoms with E-state index in [-0.39, 0.29) is 17.1 Å². The number of methoxy groups -OCH3 is 1. The molecular formula is C13H17NO3S. The van der Waals surface area contributed by atoms with Crippen LogP contribution >= 0.6 is 11.8 Å². The van der Waals surface area contributed by atoms with E-state index in [1.165, 1.54) is 18.9 Å². The predicted octanol–water partition coefficient (Wildman–Crippen LogP) is 2.31. The number of carbonyl (C=O) groups is 2. The molecule has 5 heteroatoms. The third-order valence-corrected chi connectivity index (χ3v) is 3.47. The van der Waals surface area contributed by atoms with Gasteiger partial charge in [0.2, 0.25) is 5.91 Å². The molecule has 0 bridgehead atoms. The van der Waals surface area contributed by atoms with E-state index in [0.717, 1.165) is 5.69 Å². The number of rotatable bonds is 6. The van der Waals surface area contributed by atoms with Crippen molar-refractivity contribution in [3.63, 3.8) is 0 Å². The van der Waals surface area contributed by atoms with Gasteiger partial charge in [0, 0.05) is 11.4 Å². The van der Waals surface area contributed by atoms with E-state index in [9.17, 15) is 9.59 Å². The van der Waals surface area contributed by atoms with Crippen molar-refractivity contribution in [3.8, 4) is 0 Å². The molecule has 98 valence electrons. The predicted molar refractivity (Wildman–Crippen MR) is 73.6 cm³/mol. The first-order valence-corrected chi connectivity index (χ1v) is 6.72. The molecular weight excluding hydrogens is 250 g/mol. The van der Waals surface area contributed by atoms with E-state index in [2.05, 4.69) is 10.1 Å². The van der Waals surface area contributed by atoms with Gasteiger partial charge in [-0.05, 0) is 19.1 Å². The van der Waals surface area contributed by atoms with Crippen molar-refractivity contribution in [1.82, 2.24) is 0 Å². The van der Waals surface area contributed by atoms with E-state index >= 15 is 0 Å². The molecule has 1 rings (SSSR count). The third kappa shape index (κ3) is 5.23. The van der Waals surface area contributed by atoms with Gasteiger partial charge in [0.25, 0.3) is 0 Å². The highest BCUT2D eigenvalue weighted by Gasteiger charge is 2.14. The summed E-state index contributed by atoms with van der Waals surface area (Å²) >= 11 is 1.43. The minimum atomic E-state index is -0.252. The molecule has 0 unspecified atom stereocenters. The summed E-state index contributed by atoms with van der Waals surface area (Å²) < 4.78 is 4.54. The molecule has 0 aromatic heterocycles. The molecule has 0 spiro atoms. The molecule has 0 aliphatic heterocycles. The van der Waals surface area contributed by atoms with Gasteiger partial charge in [0.1, 0.15) is 0 Å². The lowest BCUT2D eigenvalue weighted by Gasteiger charge is -2.11. The van der Waals surface area contributed by atoms with Gasteiger partial charge in [-0.15, -0.1) is 11.8 Å². The summed E-state index contributed by atoms with van der Waals surface area (Å²) in [5, 5.41) is 2.62. The second-order valence-corrected chi connectivity index (χ2v) is 5.14. The molecule has 0 heterocycles. The zero-order valence-corrected chi connectivity index (χ0v) is 11.3. The van der Waals surface area contributed by atoms with Crippen LogP contribution in [0.3, 0.4) is 0 Å². The van der Waals surface area contributed by atoms with Gasteiger partial charge in [-0.25, -0.2) is 0 Å². The molecule has 0 radical (unpaired) electrons. The number of nitrogens with one attached hydrogen (secondary N) is 1. The number of hydrogen-bond acceptors (Lipinski definition) is 4. The highest BCUT2D eigenvalue weighted by atomic mass is 32.2. The number of esters is 1. The van der Waals surface area contributed by atoms with Crippen LogP contribution in [0.1, 0.15) is 13.3 Å². The van der Waals surface area contributed by atoms with Crippen molar-refractivity contribution in [2.45, 2.75) is 18.6 Å². The molecule has 1 atom stereocenters. The Morgan fingerprint density at radius 2 is 2.00 bits per heavy atom. The number of hydrogen-bond donors (Lipinski definition) is 1. The van der Waals surface area contributed by atoms with Crippen LogP contribution < -0.4 is 5.32 Å². The first-order valence-electron chi connectivity index (χ1n) is 5.68. The highest BCUT2D eigenvalue weighted by Crippen LogP contribution is 2.15. The van der Waals surface area contributed by atoms with Gasteiger partial charge in [-0.2, -0.15) is 0 Å². The number of para-hydroxylation sites is 1. The lowest BCUT2D eigenvalue weighted by atomic mass is 10.3. The summed E-state index contributed by atoms with van der Waals surface area (Å²) in [6, 6.07) is 9.30. The second-order valence-electron chi connectivity index (χ2n) is 3.69. The van der Waals surface area contributed by atoms with Crippen molar-refractivity contribution in [3.05, 3.63) is 30.3 Å². The van der Waals surface area contributed by atoms with Crippen molar-refractivity contribution < 1.29 is 14.3 Å². The molecule has 0 fully saturated rings. The Morgan fingerprint density at radius 3 is 2.61 bits per heavy atom. The van der Waals surface area contributed by atoms with E-state index in [1.807, 2.05) is 37.3 Å². The van der Waals surface area contributed by atoms with Gasteiger partial charge in [0.15, 0.2) is 0 Å². The third-order valence-electron chi connectivity index (χ3n) is 2.31. The number of anilines is 1. The first-order chi connectivity index (χ1) is 8.63. The zero-order chi connectivity index (χ0) is 13.4. The Bertz CT molecular complexity index is 394. The normalized spacial score (nSPS) is 11.7. The van der Waals surface area contributed by atoms with E-state index in [4.69, 9.17) is 0 Å². The Balaban J connectivity index is 2.31. The van der Waals surface area contributed by atoms with Crippen molar-refractivity contribution >= 4 is 29.3 Å². The summed E-state index contributed by atoms with van der Waals surface area (Å²) in [6.45, 7) is 1.82. The number of amides is 1. The minimum Gasteiger partial charge on any atom is -0.469 e. The monoisotopic (exact) mass is 267 g/mol. The summed E-state index contributed by atoms with van der Waals surface area (Å²) in [4.78, 5) is 22.7. The topological polar surface area (TPSA) is 55.4 Å². The molecule has 1 aromatic rings. The number of benzene rings is 1. The largest absolute Gasteiger partial charge is 0.469 e. The highest BCUT2D eigenvalue weighted by molar-refractivity contribution is 8.00. The van der Waals surface area contributed by atoms with E-state index in [0.29, 0.717) is 12.2 Å². The summed E-state index contributed by atoms with van der Waals surface area (Å²) in [5.41, 5.74) is 0.780. The van der Waals surface area contributed by atoms with Crippen LogP contribution in [-0.4, -0.2) is 30.0 Å². The lowest BCUT2D eigenvalue weighted by Crippen LogP contribution is -2.23. The van der Waals surface area contributed by atoms with E-state index < -0.39 is 0 Å². The fraction of sp³-hybridized carbons (Fsp3) is 0.385. The Kier molecular flexibility index (Phi) is 6.28. The lowest BCUT2D eigenvalue weighted by molar-refractivity contribution is -0.140. The van der Waals surface area contributed by atoms with Crippen LogP contribution in [0.25, 0.3) is 0 Å². The Labute approximate surface area is 111 Å². The summed E-state index contributed by atoms with van der Waals surface area (Å²) in [6.07, 6.45) is 0.324. The van der Waals surface area contributed by atoms with Crippen LogP contribution in [0.15, 0.2) is 30.3 Å². The number of carbonyl (C=O) groups excluding carboxylic acids is 2. The Morgan fingerprint density at radius 1 is 1.33 bits per heavy atom. The number of ether oxygens (including phenoxy) is 1. The molecule has 0 aliphatic rings. The fourth-order valence-electron chi connectivity index (χ4n) is 1.26. The van der Waals surface area contributed by atoms with Gasteiger partial charge in [0.05, 0.1) is 18.8 Å². The van der Waals surface area contributed by atoms with Crippen LogP contribution in [0, 0.1) is 0 Å². The molecule has 18 heavy (non-hydrogen) atoms. The van der Waals surface area contributed by atoms with Crippen LogP contribution in [0.4, 0.5) is 5.69 Å². The van der Waals surface area contributed by atoms with Crippen LogP contribution in [0.2, 0.25) is 0 Å². The molecule has 0 saturated carbocycles. The van der Waals surface area contributed by atoms with Crippen molar-refractivity contribution in [2.75, 3.05) is 18.2 Å². The SMILES string of the molecule is COC(=O)CCS[C@@H](C)C(=O)Nc1ccccc1. The molecule has 0 aliphatic carbocycles. The van der Waals surface area contributed by atoms with Crippen molar-refractivity contribution in [1.29, 1.82) is 0 Å². The summed E-state index contributed by atoms with van der Waals surface area (Å²) in [7, 11) is 1.36. The average molecular weight is 267 g/mol. The second kappa shape index (κ2) is 7.76. The molecule has 1 N–H and O–H groups in total. The fourth-order valence-corrected chi connectivity index (χ4v) is 2.11. The quantitative estimate of drug-likeness (QED) is 0.804. The van der Waals surface area contributed by atoms with E-state index in [1.54, 1.807) is 0 Å². The van der Waals surface area contributed by atoms with Crippen LogP contribution in [0.5, 0.6) is 0 Å². The standard InChI is InChI=1S/C13H17NO3S/c1-10(18-9-8-12(15)17-2)13(16)14-11-6-4-3-5-7-11/h3-7,10H,8-9H2,1-2H3,(H,14,16)/t10-/m0/s1. The molecule has 1 amide bonds. The molecule has 1 aromatic carbocycles. The maximum atomic E-state index is 11.8. The maximum Gasteiger partial charge on any atom is 0.306 e. The van der Waals surface area contributed by atoms with Crippen molar-refractivity contribution in [2.24, 2.45) is 0 Å². The minimum absolute atomic E-state index is 0.0592. The van der Waals surface area contributed by atoms with Gasteiger partial charge in [-0.3, -0.25) is 9.59 Å². The first kappa shape index (κ1) is 14.6. The van der Waals surface area contributed by atoms with Gasteiger partial charge < -0.3 is 10.1 Å². The van der Waals surface area contributed by atoms with Gasteiger partial charge in [-0.1, -0.05) is 18.2 Å². The molecule has 0 saturated heterocycles.